The summed E-state index contributed by atoms with van der Waals surface area (Å²) in [6.45, 7) is 8.39. The van der Waals surface area contributed by atoms with Crippen LogP contribution in [0.3, 0.4) is 0 Å². The van der Waals surface area contributed by atoms with Crippen LogP contribution in [0.25, 0.3) is 0 Å². The number of carbonyl (C=O) groups is 1. The van der Waals surface area contributed by atoms with Gasteiger partial charge in [-0.05, 0) is 45.4 Å². The van der Waals surface area contributed by atoms with Crippen LogP contribution in [0.2, 0.25) is 0 Å². The number of ether oxygens (including phenoxy) is 2. The van der Waals surface area contributed by atoms with E-state index in [2.05, 4.69) is 22.5 Å². The molecule has 0 aliphatic carbocycles. The number of hydrogen-bond donors (Lipinski definition) is 2. The van der Waals surface area contributed by atoms with Gasteiger partial charge in [0.25, 0.3) is 5.91 Å². The molecule has 9 heteroatoms. The second-order valence-corrected chi connectivity index (χ2v) is 9.27. The largest absolute Gasteiger partial charge is 0.493 e. The molecule has 184 valence electrons. The zero-order valence-corrected chi connectivity index (χ0v) is 21.5. The first kappa shape index (κ1) is 24.7. The Bertz CT molecular complexity index is 1240. The van der Waals surface area contributed by atoms with Crippen molar-refractivity contribution in [3.8, 4) is 11.5 Å². The van der Waals surface area contributed by atoms with Crippen molar-refractivity contribution in [2.45, 2.75) is 45.3 Å². The van der Waals surface area contributed by atoms with E-state index < -0.39 is 6.04 Å². The van der Waals surface area contributed by atoms with Crippen molar-refractivity contribution >= 4 is 29.3 Å². The number of fused-ring (bicyclic) bond motifs is 1. The van der Waals surface area contributed by atoms with Crippen LogP contribution in [0.15, 0.2) is 58.9 Å². The summed E-state index contributed by atoms with van der Waals surface area (Å²) < 4.78 is 13.4. The van der Waals surface area contributed by atoms with Crippen LogP contribution in [-0.2, 0) is 4.79 Å². The normalized spacial score (nSPS) is 14.8. The summed E-state index contributed by atoms with van der Waals surface area (Å²) in [6.07, 6.45) is 1.01. The quantitative estimate of drug-likeness (QED) is 0.385. The third-order valence-electron chi connectivity index (χ3n) is 5.64. The van der Waals surface area contributed by atoms with Gasteiger partial charge in [0.05, 0.1) is 19.3 Å². The maximum atomic E-state index is 13.7. The number of benzene rings is 2. The minimum Gasteiger partial charge on any atom is -0.493 e. The van der Waals surface area contributed by atoms with Gasteiger partial charge >= 0.3 is 0 Å². The number of nitrogens with one attached hydrogen (secondary N) is 2. The predicted octanol–water partition coefficient (Wildman–Crippen LogP) is 5.42. The summed E-state index contributed by atoms with van der Waals surface area (Å²) in [7, 11) is 1.61. The molecule has 0 bridgehead atoms. The lowest BCUT2D eigenvalue weighted by molar-refractivity contribution is -0.113. The summed E-state index contributed by atoms with van der Waals surface area (Å²) in [6, 6.07) is 12.9. The minimum atomic E-state index is -0.558. The molecule has 1 aliphatic heterocycles. The number of anilines is 2. The Balaban J connectivity index is 1.84. The molecule has 1 amide bonds. The molecule has 0 fully saturated rings. The Kier molecular flexibility index (Phi) is 7.65. The molecule has 1 aliphatic rings. The Hall–Kier alpha value is -3.46. The molecule has 1 unspecified atom stereocenters. The van der Waals surface area contributed by atoms with Crippen LogP contribution in [0.5, 0.6) is 11.5 Å². The van der Waals surface area contributed by atoms with Crippen molar-refractivity contribution < 1.29 is 14.3 Å². The fourth-order valence-corrected chi connectivity index (χ4v) is 4.69. The Morgan fingerprint density at radius 2 is 1.94 bits per heavy atom. The third-order valence-corrected chi connectivity index (χ3v) is 6.68. The number of nitrogens with zero attached hydrogens (tertiary/aromatic N) is 3. The smallest absolute Gasteiger partial charge is 0.255 e. The number of amides is 1. The van der Waals surface area contributed by atoms with Crippen molar-refractivity contribution in [2.75, 3.05) is 30.1 Å². The highest BCUT2D eigenvalue weighted by molar-refractivity contribution is 7.99. The maximum absolute atomic E-state index is 13.7. The molecule has 0 spiro atoms. The van der Waals surface area contributed by atoms with Gasteiger partial charge < -0.3 is 20.1 Å². The number of thioether (sulfide) groups is 1. The monoisotopic (exact) mass is 493 g/mol. The number of aromatic nitrogens is 3. The highest BCUT2D eigenvalue weighted by Gasteiger charge is 2.36. The fraction of sp³-hybridized carbons (Fsp3) is 0.346. The minimum absolute atomic E-state index is 0.224. The summed E-state index contributed by atoms with van der Waals surface area (Å²) >= 11 is 1.59. The average Bonchev–Trinajstić information content (AvgIpc) is 3.26. The van der Waals surface area contributed by atoms with Gasteiger partial charge in [0.2, 0.25) is 11.1 Å². The molecule has 4 rings (SSSR count). The average molecular weight is 494 g/mol. The number of carbonyl (C=O) groups excluding carboxylic acids is 1. The SMILES string of the molecule is CCCSc1nc2n(n1)C(c1cccc(OC)c1OCC)C(C(=O)Nc1ccc(C)cc1)=C(C)N2. The molecule has 2 aromatic carbocycles. The number of aryl methyl sites for hydroxylation is 1. The van der Waals surface area contributed by atoms with E-state index in [4.69, 9.17) is 14.6 Å². The van der Waals surface area contributed by atoms with E-state index >= 15 is 0 Å². The van der Waals surface area contributed by atoms with Gasteiger partial charge in [-0.3, -0.25) is 4.79 Å². The van der Waals surface area contributed by atoms with E-state index in [1.165, 1.54) is 0 Å². The summed E-state index contributed by atoms with van der Waals surface area (Å²) in [5.74, 6) is 2.45. The molecule has 35 heavy (non-hydrogen) atoms. The van der Waals surface area contributed by atoms with Gasteiger partial charge in [0.15, 0.2) is 11.5 Å². The Morgan fingerprint density at radius 1 is 1.17 bits per heavy atom. The number of para-hydroxylation sites is 1. The molecule has 2 N–H and O–H groups in total. The van der Waals surface area contributed by atoms with Gasteiger partial charge in [-0.1, -0.05) is 48.5 Å². The highest BCUT2D eigenvalue weighted by atomic mass is 32.2. The first-order valence-corrected chi connectivity index (χ1v) is 12.7. The Morgan fingerprint density at radius 3 is 2.63 bits per heavy atom. The number of hydrogen-bond acceptors (Lipinski definition) is 7. The predicted molar refractivity (Wildman–Crippen MR) is 139 cm³/mol. The molecule has 1 atom stereocenters. The first-order chi connectivity index (χ1) is 17.0. The summed E-state index contributed by atoms with van der Waals surface area (Å²) in [5.41, 5.74) is 3.86. The summed E-state index contributed by atoms with van der Waals surface area (Å²) in [5, 5.41) is 11.8. The van der Waals surface area contributed by atoms with Crippen LogP contribution < -0.4 is 20.1 Å². The third kappa shape index (κ3) is 5.14. The first-order valence-electron chi connectivity index (χ1n) is 11.7. The van der Waals surface area contributed by atoms with Crippen molar-refractivity contribution in [1.82, 2.24) is 14.8 Å². The van der Waals surface area contributed by atoms with Gasteiger partial charge in [0.1, 0.15) is 6.04 Å². The number of methoxy groups -OCH3 is 1. The van der Waals surface area contributed by atoms with Crippen molar-refractivity contribution in [3.63, 3.8) is 0 Å². The lowest BCUT2D eigenvalue weighted by Gasteiger charge is -2.30. The highest BCUT2D eigenvalue weighted by Crippen LogP contribution is 2.43. The van der Waals surface area contributed by atoms with Gasteiger partial charge in [0, 0.05) is 22.7 Å². The zero-order chi connectivity index (χ0) is 24.9. The van der Waals surface area contributed by atoms with Crippen molar-refractivity contribution in [2.24, 2.45) is 0 Å². The molecule has 0 radical (unpaired) electrons. The van der Waals surface area contributed by atoms with Crippen molar-refractivity contribution in [1.29, 1.82) is 0 Å². The molecule has 0 saturated heterocycles. The summed E-state index contributed by atoms with van der Waals surface area (Å²) in [4.78, 5) is 18.4. The zero-order valence-electron chi connectivity index (χ0n) is 20.7. The van der Waals surface area contributed by atoms with E-state index in [0.29, 0.717) is 40.5 Å². The van der Waals surface area contributed by atoms with Crippen LogP contribution in [0.4, 0.5) is 11.6 Å². The number of rotatable bonds is 9. The Labute approximate surface area is 210 Å². The molecule has 1 aromatic heterocycles. The van der Waals surface area contributed by atoms with Crippen LogP contribution in [0.1, 0.15) is 44.4 Å². The fourth-order valence-electron chi connectivity index (χ4n) is 4.01. The van der Waals surface area contributed by atoms with E-state index in [9.17, 15) is 4.79 Å². The number of allylic oxidation sites excluding steroid dienone is 1. The van der Waals surface area contributed by atoms with Gasteiger partial charge in [-0.2, -0.15) is 4.98 Å². The van der Waals surface area contributed by atoms with E-state index in [1.807, 2.05) is 63.2 Å². The van der Waals surface area contributed by atoms with E-state index in [1.54, 1.807) is 23.6 Å². The van der Waals surface area contributed by atoms with E-state index in [0.717, 1.165) is 29.0 Å². The van der Waals surface area contributed by atoms with Crippen LogP contribution in [-0.4, -0.2) is 40.1 Å². The van der Waals surface area contributed by atoms with Crippen LogP contribution >= 0.6 is 11.8 Å². The molecule has 2 heterocycles. The van der Waals surface area contributed by atoms with Crippen LogP contribution in [0, 0.1) is 6.92 Å². The van der Waals surface area contributed by atoms with E-state index in [-0.39, 0.29) is 5.91 Å². The maximum Gasteiger partial charge on any atom is 0.255 e. The topological polar surface area (TPSA) is 90.3 Å². The second kappa shape index (κ2) is 10.9. The second-order valence-electron chi connectivity index (χ2n) is 8.21. The molecular weight excluding hydrogens is 462 g/mol. The lowest BCUT2D eigenvalue weighted by Crippen LogP contribution is -2.31. The molecular formula is C26H31N5O3S. The van der Waals surface area contributed by atoms with Gasteiger partial charge in [-0.25, -0.2) is 4.68 Å². The van der Waals surface area contributed by atoms with Gasteiger partial charge in [-0.15, -0.1) is 5.10 Å². The molecule has 8 nitrogen and oxygen atoms in total. The standard InChI is InChI=1S/C26H31N5O3S/c1-6-15-35-26-29-25-27-17(4)21(24(32)28-18-13-11-16(3)12-14-18)22(31(25)30-26)19-9-8-10-20(33-5)23(19)34-7-2/h8-14,22H,6-7,15H2,1-5H3,(H,28,32)(H,27,29,30). The molecule has 3 aromatic rings. The lowest BCUT2D eigenvalue weighted by atomic mass is 9.94. The molecule has 0 saturated carbocycles. The van der Waals surface area contributed by atoms with Crippen molar-refractivity contribution in [3.05, 3.63) is 64.9 Å².